The topological polar surface area (TPSA) is 94.0 Å². The molecule has 8 heterocycles. The van der Waals surface area contributed by atoms with Crippen LogP contribution in [0, 0.1) is 0 Å². The lowest BCUT2D eigenvalue weighted by Crippen LogP contribution is -2.00. The molecule has 27 aromatic rings. The first-order valence-corrected chi connectivity index (χ1v) is 44.7. The summed E-state index contributed by atoms with van der Waals surface area (Å²) in [7, 11) is 0. The van der Waals surface area contributed by atoms with E-state index in [4.69, 9.17) is 19.9 Å². The van der Waals surface area contributed by atoms with Crippen molar-refractivity contribution >= 4 is 131 Å². The molecule has 0 aliphatic rings. The first-order valence-electron chi connectivity index (χ1n) is 44.7. The maximum atomic E-state index is 5.04. The van der Waals surface area contributed by atoms with Crippen molar-refractivity contribution in [3.8, 4) is 113 Å². The standard InChI is InChI=1S/C69H44N6.C52H33N5/c1-5-17-45(18-6-1)67-70-68(46-19-7-2-8-20-46)72-69(71-67)47-29-35-54(36-30-47)75-65-39-33-50(48-31-37-63-57(41-48)55-25-13-15-27-61(55)73(63)52-21-9-3-10-22-52)43-59(65)60-44-51(34-40-66(60)75)49-32-38-64-58(42-49)56-26-14-16-28-62(56)74(64)53-23-11-4-12-24-53;1-3-11-38(12-4-1)55-46-17-9-7-15-40(46)42-29-34(19-23-48(42)55)36-21-25-50-44(31-36)45-32-37(22-26-51(45)57(50)52-33-53-27-28-54-52)35-20-24-49-43(30-35)41-16-8-10-18-47(41)56(49)39-13-5-2-6-14-39/h1-44H;1-33H. The van der Waals surface area contributed by atoms with E-state index in [1.54, 1.807) is 12.4 Å². The van der Waals surface area contributed by atoms with Gasteiger partial charge < -0.3 is 22.8 Å². The molecule has 0 radical (unpaired) electrons. The molecular formula is C121H77N11. The Morgan fingerprint density at radius 3 is 0.591 bits per heavy atom. The third-order valence-corrected chi connectivity index (χ3v) is 26.5. The van der Waals surface area contributed by atoms with Gasteiger partial charge in [0.15, 0.2) is 23.3 Å². The lowest BCUT2D eigenvalue weighted by Gasteiger charge is -2.11. The van der Waals surface area contributed by atoms with Crippen LogP contribution in [0.4, 0.5) is 0 Å². The van der Waals surface area contributed by atoms with Gasteiger partial charge in [0.1, 0.15) is 0 Å². The van der Waals surface area contributed by atoms with E-state index in [0.717, 1.165) is 84.1 Å². The number of fused-ring (bicyclic) bond motifs is 18. The van der Waals surface area contributed by atoms with E-state index in [1.807, 2.05) is 66.9 Å². The second-order valence-corrected chi connectivity index (χ2v) is 33.9. The number of nitrogens with zero attached hydrogens (tertiary/aromatic N) is 11. The second-order valence-electron chi connectivity index (χ2n) is 33.9. The minimum atomic E-state index is 0.624. The van der Waals surface area contributed by atoms with Gasteiger partial charge in [0.05, 0.1) is 72.4 Å². The highest BCUT2D eigenvalue weighted by atomic mass is 15.1. The van der Waals surface area contributed by atoms with E-state index in [0.29, 0.717) is 17.5 Å². The molecule has 0 unspecified atom stereocenters. The summed E-state index contributed by atoms with van der Waals surface area (Å²) < 4.78 is 14.1. The number of hydrogen-bond donors (Lipinski definition) is 0. The van der Waals surface area contributed by atoms with E-state index < -0.39 is 0 Å². The van der Waals surface area contributed by atoms with Crippen LogP contribution in [0.1, 0.15) is 0 Å². The van der Waals surface area contributed by atoms with E-state index in [9.17, 15) is 0 Å². The molecule has 11 heteroatoms. The fourth-order valence-corrected chi connectivity index (χ4v) is 20.4. The summed E-state index contributed by atoms with van der Waals surface area (Å²) in [5, 5.41) is 14.6. The van der Waals surface area contributed by atoms with Crippen molar-refractivity contribution in [1.82, 2.24) is 52.3 Å². The van der Waals surface area contributed by atoms with Gasteiger partial charge in [-0.1, -0.05) is 255 Å². The van der Waals surface area contributed by atoms with Crippen molar-refractivity contribution in [2.24, 2.45) is 0 Å². The smallest absolute Gasteiger partial charge is 0.164 e. The van der Waals surface area contributed by atoms with E-state index in [1.165, 1.54) is 142 Å². The Bertz CT molecular complexity index is 8750. The zero-order chi connectivity index (χ0) is 86.9. The van der Waals surface area contributed by atoms with Crippen LogP contribution in [0.5, 0.6) is 0 Å². The summed E-state index contributed by atoms with van der Waals surface area (Å²) in [6, 6.07) is 162. The van der Waals surface area contributed by atoms with Gasteiger partial charge in [-0.3, -0.25) is 9.55 Å². The third kappa shape index (κ3) is 12.5. The predicted octanol–water partition coefficient (Wildman–Crippen LogP) is 30.6. The van der Waals surface area contributed by atoms with Crippen LogP contribution in [0.25, 0.3) is 244 Å². The Balaban J connectivity index is 0.000000144. The molecule has 0 fully saturated rings. The fourth-order valence-electron chi connectivity index (χ4n) is 20.4. The van der Waals surface area contributed by atoms with Gasteiger partial charge in [0.25, 0.3) is 0 Å². The van der Waals surface area contributed by atoms with E-state index in [2.05, 4.69) is 421 Å². The Kier molecular flexibility index (Phi) is 17.7. The van der Waals surface area contributed by atoms with Gasteiger partial charge in [-0.05, 0) is 239 Å². The second kappa shape index (κ2) is 31.0. The Morgan fingerprint density at radius 1 is 0.144 bits per heavy atom. The number of aromatic nitrogens is 11. The van der Waals surface area contributed by atoms with Gasteiger partial charge in [-0.15, -0.1) is 0 Å². The summed E-state index contributed by atoms with van der Waals surface area (Å²) in [5.74, 6) is 2.70. The molecule has 132 heavy (non-hydrogen) atoms. The largest absolute Gasteiger partial charge is 0.309 e. The Labute approximate surface area is 758 Å². The van der Waals surface area contributed by atoms with Crippen molar-refractivity contribution in [2.75, 3.05) is 0 Å². The summed E-state index contributed by atoms with van der Waals surface area (Å²) in [6.07, 6.45) is 5.33. The van der Waals surface area contributed by atoms with Gasteiger partial charge in [0.2, 0.25) is 0 Å². The number of hydrogen-bond acceptors (Lipinski definition) is 5. The van der Waals surface area contributed by atoms with Crippen molar-refractivity contribution in [2.45, 2.75) is 0 Å². The zero-order valence-electron chi connectivity index (χ0n) is 71.4. The van der Waals surface area contributed by atoms with Crippen LogP contribution in [0.15, 0.2) is 468 Å². The molecule has 0 saturated heterocycles. The quantitative estimate of drug-likeness (QED) is 0.115. The minimum absolute atomic E-state index is 0.624. The molecule has 616 valence electrons. The predicted molar refractivity (Wildman–Crippen MR) is 546 cm³/mol. The zero-order valence-corrected chi connectivity index (χ0v) is 71.4. The summed E-state index contributed by atoms with van der Waals surface area (Å²) in [4.78, 5) is 24.2. The molecule has 0 bridgehead atoms. The molecule has 0 aliphatic carbocycles. The average molecular weight is 1690 g/mol. The molecule has 0 N–H and O–H groups in total. The van der Waals surface area contributed by atoms with E-state index in [-0.39, 0.29) is 0 Å². The lowest BCUT2D eigenvalue weighted by atomic mass is 9.98. The van der Waals surface area contributed by atoms with E-state index >= 15 is 0 Å². The number of benzene rings is 19. The minimum Gasteiger partial charge on any atom is -0.309 e. The van der Waals surface area contributed by atoms with Gasteiger partial charge in [0, 0.05) is 122 Å². The SMILES string of the molecule is c1ccc(-c2nc(-c3ccccc3)nc(-c3ccc(-n4c5ccc(-c6ccc7c(c6)c6ccccc6n7-c6ccccc6)cc5c5cc(-c6ccc7c(c6)c6ccccc6n7-c6ccccc6)ccc54)cc3)n2)cc1.c1ccc(-n2c3ccccc3c3cc(-c4ccc5c(c4)c4cc(-c6ccc7c(c6)c6ccccc6n7-c6ccccc6)ccc4n5-c4cnccn4)ccc32)cc1. The van der Waals surface area contributed by atoms with Crippen LogP contribution < -0.4 is 0 Å². The van der Waals surface area contributed by atoms with Gasteiger partial charge in [-0.2, -0.15) is 0 Å². The van der Waals surface area contributed by atoms with Crippen LogP contribution >= 0.6 is 0 Å². The van der Waals surface area contributed by atoms with Crippen LogP contribution in [-0.4, -0.2) is 52.3 Å². The van der Waals surface area contributed by atoms with Crippen molar-refractivity contribution < 1.29 is 0 Å². The Hall–Kier alpha value is -17.9. The Morgan fingerprint density at radius 2 is 0.341 bits per heavy atom. The average Bonchev–Trinajstić information content (AvgIpc) is 1.60. The number of para-hydroxylation sites is 8. The highest BCUT2D eigenvalue weighted by Gasteiger charge is 2.24. The molecular weight excluding hydrogens is 1610 g/mol. The monoisotopic (exact) mass is 1680 g/mol. The molecule has 0 amide bonds. The first kappa shape index (κ1) is 75.4. The fraction of sp³-hybridized carbons (Fsp3) is 0. The van der Waals surface area contributed by atoms with Crippen LogP contribution in [0.3, 0.4) is 0 Å². The molecule has 11 nitrogen and oxygen atoms in total. The summed E-state index contributed by atoms with van der Waals surface area (Å²) in [5.41, 5.74) is 31.8. The van der Waals surface area contributed by atoms with Crippen LogP contribution in [-0.2, 0) is 0 Å². The van der Waals surface area contributed by atoms with Crippen LogP contribution in [0.2, 0.25) is 0 Å². The lowest BCUT2D eigenvalue weighted by molar-refractivity contribution is 1.04. The highest BCUT2D eigenvalue weighted by Crippen LogP contribution is 2.46. The normalized spacial score (nSPS) is 11.8. The maximum absolute atomic E-state index is 5.04. The molecule has 0 saturated carbocycles. The molecule has 19 aromatic carbocycles. The summed E-state index contributed by atoms with van der Waals surface area (Å²) >= 11 is 0. The maximum Gasteiger partial charge on any atom is 0.164 e. The third-order valence-electron chi connectivity index (χ3n) is 26.5. The summed E-state index contributed by atoms with van der Waals surface area (Å²) in [6.45, 7) is 0. The number of rotatable bonds is 13. The highest BCUT2D eigenvalue weighted by molar-refractivity contribution is 6.18. The molecule has 27 rings (SSSR count). The first-order chi connectivity index (χ1) is 65.5. The molecule has 8 aromatic heterocycles. The van der Waals surface area contributed by atoms with Gasteiger partial charge in [-0.25, -0.2) is 19.9 Å². The van der Waals surface area contributed by atoms with Crippen molar-refractivity contribution in [3.05, 3.63) is 468 Å². The van der Waals surface area contributed by atoms with Crippen molar-refractivity contribution in [3.63, 3.8) is 0 Å². The molecule has 0 atom stereocenters. The molecule has 0 aliphatic heterocycles. The van der Waals surface area contributed by atoms with Gasteiger partial charge >= 0.3 is 0 Å². The molecule has 0 spiro atoms. The van der Waals surface area contributed by atoms with Crippen molar-refractivity contribution in [1.29, 1.82) is 0 Å².